The van der Waals surface area contributed by atoms with Gasteiger partial charge >= 0.3 is 0 Å². The molecule has 1 saturated heterocycles. The SMILES string of the molecule is CC(C)C1CCN(c2cc(N)c(C(=O)N(C)C)s2)C1. The Bertz CT molecular complexity index is 467. The number of carbonyl (C=O) groups is 1. The van der Waals surface area contributed by atoms with Crippen LogP contribution >= 0.6 is 11.3 Å². The maximum Gasteiger partial charge on any atom is 0.265 e. The fourth-order valence-corrected chi connectivity index (χ4v) is 3.59. The highest BCUT2D eigenvalue weighted by molar-refractivity contribution is 7.18. The molecule has 0 bridgehead atoms. The summed E-state index contributed by atoms with van der Waals surface area (Å²) in [7, 11) is 3.51. The van der Waals surface area contributed by atoms with Crippen LogP contribution in [-0.4, -0.2) is 38.0 Å². The zero-order chi connectivity index (χ0) is 14.2. The van der Waals surface area contributed by atoms with Crippen LogP contribution in [0.2, 0.25) is 0 Å². The fourth-order valence-electron chi connectivity index (χ4n) is 2.45. The van der Waals surface area contributed by atoms with E-state index in [1.807, 2.05) is 6.07 Å². The molecule has 0 aromatic carbocycles. The van der Waals surface area contributed by atoms with Gasteiger partial charge in [-0.3, -0.25) is 4.79 Å². The molecule has 5 heteroatoms. The summed E-state index contributed by atoms with van der Waals surface area (Å²) in [6, 6.07) is 1.95. The zero-order valence-corrected chi connectivity index (χ0v) is 13.0. The van der Waals surface area contributed by atoms with Crippen LogP contribution in [0, 0.1) is 11.8 Å². The Morgan fingerprint density at radius 1 is 1.53 bits per heavy atom. The van der Waals surface area contributed by atoms with Gasteiger partial charge in [0.05, 0.1) is 10.7 Å². The normalized spacial score (nSPS) is 19.2. The molecule has 0 spiro atoms. The van der Waals surface area contributed by atoms with E-state index in [-0.39, 0.29) is 5.91 Å². The van der Waals surface area contributed by atoms with Crippen LogP contribution < -0.4 is 10.6 Å². The lowest BCUT2D eigenvalue weighted by Crippen LogP contribution is -2.21. The topological polar surface area (TPSA) is 49.6 Å². The van der Waals surface area contributed by atoms with Gasteiger partial charge in [-0.05, 0) is 24.3 Å². The number of hydrogen-bond acceptors (Lipinski definition) is 4. The summed E-state index contributed by atoms with van der Waals surface area (Å²) in [6.45, 7) is 6.70. The van der Waals surface area contributed by atoms with E-state index in [9.17, 15) is 4.79 Å². The number of rotatable bonds is 3. The Balaban J connectivity index is 2.15. The molecule has 1 atom stereocenters. The minimum absolute atomic E-state index is 0.00615. The van der Waals surface area contributed by atoms with Gasteiger partial charge in [0.25, 0.3) is 5.91 Å². The number of nitrogens with two attached hydrogens (primary N) is 1. The molecule has 1 unspecified atom stereocenters. The number of amides is 1. The second kappa shape index (κ2) is 5.41. The molecule has 106 valence electrons. The minimum Gasteiger partial charge on any atom is -0.397 e. The monoisotopic (exact) mass is 281 g/mol. The van der Waals surface area contributed by atoms with Crippen molar-refractivity contribution in [2.45, 2.75) is 20.3 Å². The molecule has 1 fully saturated rings. The van der Waals surface area contributed by atoms with Crippen molar-refractivity contribution < 1.29 is 4.79 Å². The van der Waals surface area contributed by atoms with E-state index >= 15 is 0 Å². The lowest BCUT2D eigenvalue weighted by atomic mass is 9.95. The first-order valence-electron chi connectivity index (χ1n) is 6.76. The number of carbonyl (C=O) groups excluding carboxylic acids is 1. The number of nitrogens with zero attached hydrogens (tertiary/aromatic N) is 2. The van der Waals surface area contributed by atoms with Crippen molar-refractivity contribution in [2.24, 2.45) is 11.8 Å². The first kappa shape index (κ1) is 14.2. The number of thiophene rings is 1. The fraction of sp³-hybridized carbons (Fsp3) is 0.643. The molecule has 1 aromatic rings. The van der Waals surface area contributed by atoms with Crippen molar-refractivity contribution in [1.82, 2.24) is 4.90 Å². The van der Waals surface area contributed by atoms with Crippen molar-refractivity contribution in [3.05, 3.63) is 10.9 Å². The van der Waals surface area contributed by atoms with Crippen LogP contribution in [-0.2, 0) is 0 Å². The van der Waals surface area contributed by atoms with Gasteiger partial charge in [0.1, 0.15) is 4.88 Å². The van der Waals surface area contributed by atoms with Crippen LogP contribution in [0.5, 0.6) is 0 Å². The summed E-state index contributed by atoms with van der Waals surface area (Å²) in [6.07, 6.45) is 1.23. The summed E-state index contributed by atoms with van der Waals surface area (Å²) < 4.78 is 0. The Kier molecular flexibility index (Phi) is 4.04. The van der Waals surface area contributed by atoms with Crippen LogP contribution in [0.15, 0.2) is 6.07 Å². The molecule has 1 aromatic heterocycles. The van der Waals surface area contributed by atoms with Crippen LogP contribution in [0.3, 0.4) is 0 Å². The quantitative estimate of drug-likeness (QED) is 0.926. The Morgan fingerprint density at radius 3 is 2.74 bits per heavy atom. The molecule has 19 heavy (non-hydrogen) atoms. The van der Waals surface area contributed by atoms with Gasteiger partial charge in [0.15, 0.2) is 0 Å². The van der Waals surface area contributed by atoms with E-state index in [4.69, 9.17) is 5.73 Å². The highest BCUT2D eigenvalue weighted by Gasteiger charge is 2.27. The smallest absolute Gasteiger partial charge is 0.265 e. The third-order valence-electron chi connectivity index (χ3n) is 3.83. The molecular weight excluding hydrogens is 258 g/mol. The molecule has 4 nitrogen and oxygen atoms in total. The maximum absolute atomic E-state index is 12.0. The van der Waals surface area contributed by atoms with Crippen LogP contribution in [0.4, 0.5) is 10.7 Å². The van der Waals surface area contributed by atoms with Gasteiger partial charge in [-0.15, -0.1) is 11.3 Å². The Hall–Kier alpha value is -1.23. The van der Waals surface area contributed by atoms with Gasteiger partial charge < -0.3 is 15.5 Å². The lowest BCUT2D eigenvalue weighted by molar-refractivity contribution is 0.0833. The van der Waals surface area contributed by atoms with Gasteiger partial charge in [-0.2, -0.15) is 0 Å². The van der Waals surface area contributed by atoms with Gasteiger partial charge in [-0.25, -0.2) is 0 Å². The highest BCUT2D eigenvalue weighted by atomic mass is 32.1. The minimum atomic E-state index is -0.00615. The van der Waals surface area contributed by atoms with Gasteiger partial charge in [0.2, 0.25) is 0 Å². The number of nitrogen functional groups attached to an aromatic ring is 1. The van der Waals surface area contributed by atoms with Crippen molar-refractivity contribution in [1.29, 1.82) is 0 Å². The molecule has 0 aliphatic carbocycles. The van der Waals surface area contributed by atoms with E-state index in [0.717, 1.165) is 24.0 Å². The zero-order valence-electron chi connectivity index (χ0n) is 12.1. The summed E-state index contributed by atoms with van der Waals surface area (Å²) in [5.74, 6) is 1.45. The summed E-state index contributed by atoms with van der Waals surface area (Å²) >= 11 is 1.52. The molecule has 2 heterocycles. The Labute approximate surface area is 119 Å². The molecular formula is C14H23N3OS. The molecule has 1 amide bonds. The van der Waals surface area contributed by atoms with E-state index in [0.29, 0.717) is 16.5 Å². The molecule has 0 saturated carbocycles. The molecule has 1 aliphatic rings. The van der Waals surface area contributed by atoms with Crippen molar-refractivity contribution in [2.75, 3.05) is 37.8 Å². The third-order valence-corrected chi connectivity index (χ3v) is 5.03. The first-order chi connectivity index (χ1) is 8.90. The average molecular weight is 281 g/mol. The molecule has 2 rings (SSSR count). The van der Waals surface area contributed by atoms with Crippen LogP contribution in [0.1, 0.15) is 29.9 Å². The number of hydrogen-bond donors (Lipinski definition) is 1. The second-order valence-electron chi connectivity index (χ2n) is 5.81. The van der Waals surface area contributed by atoms with Gasteiger partial charge in [-0.1, -0.05) is 13.8 Å². The largest absolute Gasteiger partial charge is 0.397 e. The first-order valence-corrected chi connectivity index (χ1v) is 7.57. The Morgan fingerprint density at radius 2 is 2.21 bits per heavy atom. The summed E-state index contributed by atoms with van der Waals surface area (Å²) in [5, 5.41) is 1.13. The summed E-state index contributed by atoms with van der Waals surface area (Å²) in [5.41, 5.74) is 6.58. The van der Waals surface area contributed by atoms with E-state index in [1.54, 1.807) is 19.0 Å². The molecule has 1 aliphatic heterocycles. The van der Waals surface area contributed by atoms with E-state index in [1.165, 1.54) is 17.8 Å². The summed E-state index contributed by atoms with van der Waals surface area (Å²) in [4.78, 5) is 16.6. The average Bonchev–Trinajstić information content (AvgIpc) is 2.93. The van der Waals surface area contributed by atoms with Crippen molar-refractivity contribution in [3.63, 3.8) is 0 Å². The second-order valence-corrected chi connectivity index (χ2v) is 6.84. The molecule has 2 N–H and O–H groups in total. The maximum atomic E-state index is 12.0. The predicted molar refractivity (Wildman–Crippen MR) is 81.9 cm³/mol. The standard InChI is InChI=1S/C14H23N3OS/c1-9(2)10-5-6-17(8-10)12-7-11(15)13(19-12)14(18)16(3)4/h7,9-10H,5-6,8,15H2,1-4H3. The van der Waals surface area contributed by atoms with Crippen LogP contribution in [0.25, 0.3) is 0 Å². The van der Waals surface area contributed by atoms with E-state index < -0.39 is 0 Å². The number of anilines is 2. The van der Waals surface area contributed by atoms with Crippen molar-refractivity contribution in [3.8, 4) is 0 Å². The highest BCUT2D eigenvalue weighted by Crippen LogP contribution is 2.36. The van der Waals surface area contributed by atoms with E-state index in [2.05, 4.69) is 18.7 Å². The third kappa shape index (κ3) is 2.86. The molecule has 0 radical (unpaired) electrons. The predicted octanol–water partition coefficient (Wildman–Crippen LogP) is 2.51. The lowest BCUT2D eigenvalue weighted by Gasteiger charge is -2.17. The van der Waals surface area contributed by atoms with Gasteiger partial charge in [0, 0.05) is 27.2 Å². The van der Waals surface area contributed by atoms with Crippen molar-refractivity contribution >= 4 is 27.9 Å².